The van der Waals surface area contributed by atoms with Gasteiger partial charge in [0.1, 0.15) is 42.5 Å². The van der Waals surface area contributed by atoms with Crippen LogP contribution >= 0.6 is 31.3 Å². The zero-order valence-electron chi connectivity index (χ0n) is 26.0. The number of phosphoric acid groups is 4. The molecule has 0 bridgehead atoms. The number of aliphatic hydroxyl groups excluding tert-OH is 3. The molecule has 292 valence electrons. The first-order chi connectivity index (χ1) is 24.6. The van der Waals surface area contributed by atoms with E-state index in [4.69, 9.17) is 20.9 Å². The van der Waals surface area contributed by atoms with E-state index in [9.17, 15) is 57.9 Å². The second kappa shape index (κ2) is 14.5. The van der Waals surface area contributed by atoms with Gasteiger partial charge >= 0.3 is 31.3 Å². The van der Waals surface area contributed by atoms with Gasteiger partial charge < -0.3 is 55.8 Å². The Balaban J connectivity index is 1.01. The molecule has 0 saturated carbocycles. The molecule has 33 heteroatoms. The molecule has 11 atom stereocenters. The molecule has 2 saturated heterocycles. The molecule has 2 aliphatic rings. The zero-order valence-corrected chi connectivity index (χ0v) is 29.6. The number of hydrogen-bond donors (Lipinski definition) is 10. The van der Waals surface area contributed by atoms with Crippen LogP contribution in [0.3, 0.4) is 0 Å². The molecule has 0 aromatic carbocycles. The summed E-state index contributed by atoms with van der Waals surface area (Å²) in [7, 11) is -23.8. The van der Waals surface area contributed by atoms with Crippen molar-refractivity contribution >= 4 is 65.4 Å². The van der Waals surface area contributed by atoms with E-state index in [0.717, 1.165) is 23.5 Å². The summed E-state index contributed by atoms with van der Waals surface area (Å²) < 4.78 is 83.6. The van der Waals surface area contributed by atoms with Crippen molar-refractivity contribution in [2.45, 2.75) is 49.4 Å². The standard InChI is InChI=1S/C20H28N10O19P4/c21-15-11-16(24-4-23-15)30(6-25-11)19-14(33)13(32)9(46-19)3-44-51(37,38)48-53(41,42)49-52(39,40)47-50(35,36)43-2-8-7(31)1-10(45-8)29-5-26-12-17(29)27-20(22)28-18(12)34/h4-10,13-14,19,31-33H,1-3H2,(H,35,36)(H,37,38)(H,39,40)(H,41,42)(H2,21,23,24)(H3,22,27,28,34)/t7?,8-,9-,10-,13+,14?,19-/m1/s1. The maximum atomic E-state index is 12.4. The fourth-order valence-corrected chi connectivity index (χ4v) is 10.1. The highest BCUT2D eigenvalue weighted by molar-refractivity contribution is 7.69. The molecular formula is C20H28N10O19P4. The number of nitrogens with zero attached hydrogens (tertiary/aromatic N) is 7. The number of imidazole rings is 2. The summed E-state index contributed by atoms with van der Waals surface area (Å²) in [5, 5.41) is 31.3. The van der Waals surface area contributed by atoms with E-state index < -0.39 is 93.0 Å². The van der Waals surface area contributed by atoms with Crippen LogP contribution in [-0.4, -0.2) is 118 Å². The molecule has 53 heavy (non-hydrogen) atoms. The van der Waals surface area contributed by atoms with Crippen LogP contribution in [0.2, 0.25) is 0 Å². The fraction of sp³-hybridized carbons (Fsp3) is 0.500. The molecule has 12 N–H and O–H groups in total. The van der Waals surface area contributed by atoms with Gasteiger partial charge in [-0.05, 0) is 0 Å². The molecule has 29 nitrogen and oxygen atoms in total. The van der Waals surface area contributed by atoms with Crippen molar-refractivity contribution in [2.24, 2.45) is 0 Å². The molecule has 0 aliphatic carbocycles. The first kappa shape index (κ1) is 39.6. The fourth-order valence-electron chi connectivity index (χ4n) is 5.15. The SMILES string of the molecule is Nc1nc2c(ncn2[C@H]2CC(O)[C@@H](COP(=O)(O)OP(=O)(O)OP(=O)(O)OP(=O)(O)OC[C@H]3O[C@@H](n4cnc5c(N)ncnc54)C(O)[C@H]3O)O2)c(=O)[nH]1. The highest BCUT2D eigenvalue weighted by Gasteiger charge is 2.49. The third kappa shape index (κ3) is 8.73. The van der Waals surface area contributed by atoms with Crippen LogP contribution in [0, 0.1) is 0 Å². The number of phosphoric ester groups is 2. The lowest BCUT2D eigenvalue weighted by Gasteiger charge is -2.21. The lowest BCUT2D eigenvalue weighted by Crippen LogP contribution is -2.33. The minimum Gasteiger partial charge on any atom is -0.390 e. The van der Waals surface area contributed by atoms with Gasteiger partial charge in [-0.3, -0.25) is 28.0 Å². The number of nitrogens with one attached hydrogen (secondary N) is 1. The highest BCUT2D eigenvalue weighted by atomic mass is 31.3. The van der Waals surface area contributed by atoms with Gasteiger partial charge in [0.05, 0.1) is 32.0 Å². The molecule has 4 aromatic heterocycles. The number of ether oxygens (including phenoxy) is 2. The maximum Gasteiger partial charge on any atom is 0.490 e. The molecule has 2 aliphatic heterocycles. The summed E-state index contributed by atoms with van der Waals surface area (Å²) in [6.45, 7) is -2.10. The summed E-state index contributed by atoms with van der Waals surface area (Å²) >= 11 is 0. The van der Waals surface area contributed by atoms with Gasteiger partial charge in [0.2, 0.25) is 5.95 Å². The molecule has 2 fully saturated rings. The Morgan fingerprint density at radius 3 is 2.02 bits per heavy atom. The first-order valence-electron chi connectivity index (χ1n) is 14.4. The van der Waals surface area contributed by atoms with Crippen LogP contribution in [0.1, 0.15) is 18.9 Å². The lowest BCUT2D eigenvalue weighted by molar-refractivity contribution is -0.0503. The number of aliphatic hydroxyl groups is 3. The number of rotatable bonds is 14. The Kier molecular flexibility index (Phi) is 10.8. The van der Waals surface area contributed by atoms with Crippen LogP contribution in [0.15, 0.2) is 23.8 Å². The summed E-state index contributed by atoms with van der Waals surface area (Å²) in [6.07, 6.45) is -7.17. The molecular weight excluding hydrogens is 808 g/mol. The monoisotopic (exact) mass is 836 g/mol. The summed E-state index contributed by atoms with van der Waals surface area (Å²) in [4.78, 5) is 73.4. The summed E-state index contributed by atoms with van der Waals surface area (Å²) in [6, 6.07) is 0. The Bertz CT molecular complexity index is 2270. The molecule has 6 heterocycles. The largest absolute Gasteiger partial charge is 0.490 e. The van der Waals surface area contributed by atoms with Crippen molar-refractivity contribution in [2.75, 3.05) is 24.7 Å². The smallest absolute Gasteiger partial charge is 0.390 e. The number of hydrogen-bond acceptors (Lipinski definition) is 22. The average Bonchev–Trinajstić information content (AvgIpc) is 3.79. The molecule has 6 rings (SSSR count). The van der Waals surface area contributed by atoms with Crippen LogP contribution < -0.4 is 17.0 Å². The lowest BCUT2D eigenvalue weighted by atomic mass is 10.1. The second-order valence-corrected chi connectivity index (χ2v) is 17.3. The quantitative estimate of drug-likeness (QED) is 0.0607. The summed E-state index contributed by atoms with van der Waals surface area (Å²) in [5.74, 6) is -0.262. The van der Waals surface area contributed by atoms with Crippen LogP contribution in [0.5, 0.6) is 0 Å². The molecule has 0 spiro atoms. The van der Waals surface area contributed by atoms with E-state index in [0.29, 0.717) is 0 Å². The van der Waals surface area contributed by atoms with Crippen molar-refractivity contribution in [3.8, 4) is 0 Å². The number of anilines is 2. The average molecular weight is 836 g/mol. The first-order valence-corrected chi connectivity index (χ1v) is 20.4. The van der Waals surface area contributed by atoms with Crippen LogP contribution in [0.4, 0.5) is 11.8 Å². The third-order valence-corrected chi connectivity index (χ3v) is 13.3. The van der Waals surface area contributed by atoms with Gasteiger partial charge in [-0.2, -0.15) is 17.9 Å². The van der Waals surface area contributed by atoms with Crippen molar-refractivity contribution in [3.05, 3.63) is 29.3 Å². The van der Waals surface area contributed by atoms with E-state index in [1.165, 1.54) is 4.57 Å². The molecule has 0 radical (unpaired) electrons. The van der Waals surface area contributed by atoms with Crippen molar-refractivity contribution in [1.29, 1.82) is 0 Å². The van der Waals surface area contributed by atoms with Crippen molar-refractivity contribution in [3.63, 3.8) is 0 Å². The number of fused-ring (bicyclic) bond motifs is 2. The molecule has 4 aromatic rings. The van der Waals surface area contributed by atoms with E-state index in [-0.39, 0.29) is 40.5 Å². The van der Waals surface area contributed by atoms with Crippen molar-refractivity contribution < 1.29 is 84.6 Å². The number of aromatic nitrogens is 8. The number of H-pyrrole nitrogens is 1. The van der Waals surface area contributed by atoms with E-state index in [2.05, 4.69) is 51.9 Å². The van der Waals surface area contributed by atoms with E-state index in [1.54, 1.807) is 0 Å². The van der Waals surface area contributed by atoms with Gasteiger partial charge in [-0.15, -0.1) is 0 Å². The zero-order chi connectivity index (χ0) is 38.7. The normalized spacial score (nSPS) is 29.5. The Morgan fingerprint density at radius 2 is 1.36 bits per heavy atom. The Hall–Kier alpha value is -3.14. The Labute approximate surface area is 292 Å². The molecule has 0 amide bonds. The van der Waals surface area contributed by atoms with Crippen molar-refractivity contribution in [1.82, 2.24) is 39.0 Å². The van der Waals surface area contributed by atoms with Gasteiger partial charge in [0.25, 0.3) is 5.56 Å². The second-order valence-electron chi connectivity index (χ2n) is 11.0. The van der Waals surface area contributed by atoms with Gasteiger partial charge in [0.15, 0.2) is 28.9 Å². The Morgan fingerprint density at radius 1 is 0.774 bits per heavy atom. The third-order valence-electron chi connectivity index (χ3n) is 7.39. The topological polar surface area (TPSA) is 434 Å². The minimum atomic E-state index is -6.17. The maximum absolute atomic E-state index is 12.4. The van der Waals surface area contributed by atoms with E-state index >= 15 is 0 Å². The highest BCUT2D eigenvalue weighted by Crippen LogP contribution is 2.71. The molecule has 6 unspecified atom stereocenters. The number of nitrogens with two attached hydrogens (primary N) is 2. The number of nitrogen functional groups attached to an aromatic ring is 2. The summed E-state index contributed by atoms with van der Waals surface area (Å²) in [5.41, 5.74) is 10.7. The number of aromatic amines is 1. The van der Waals surface area contributed by atoms with Crippen LogP contribution in [-0.2, 0) is 49.7 Å². The predicted molar refractivity (Wildman–Crippen MR) is 167 cm³/mol. The van der Waals surface area contributed by atoms with Gasteiger partial charge in [0, 0.05) is 6.42 Å². The van der Waals surface area contributed by atoms with Gasteiger partial charge in [-0.25, -0.2) is 38.2 Å². The minimum absolute atomic E-state index is 0.0123. The predicted octanol–water partition coefficient (Wildman–Crippen LogP) is -2.12. The van der Waals surface area contributed by atoms with Crippen LogP contribution in [0.25, 0.3) is 22.3 Å². The van der Waals surface area contributed by atoms with E-state index in [1.807, 2.05) is 0 Å². The van der Waals surface area contributed by atoms with Gasteiger partial charge in [-0.1, -0.05) is 0 Å².